The van der Waals surface area contributed by atoms with Gasteiger partial charge in [-0.1, -0.05) is 61.7 Å². The molecular formula is C38H39F2N3O6S. The van der Waals surface area contributed by atoms with Crippen LogP contribution in [0.15, 0.2) is 102 Å². The number of fused-ring (bicyclic) bond motifs is 1. The van der Waals surface area contributed by atoms with Crippen molar-refractivity contribution in [3.8, 4) is 11.5 Å². The molecule has 4 aromatic carbocycles. The number of nitrogens with one attached hydrogen (secondary N) is 1. The van der Waals surface area contributed by atoms with E-state index < -0.39 is 40.2 Å². The molecule has 0 bridgehead atoms. The molecule has 9 nitrogen and oxygen atoms in total. The molecule has 0 saturated heterocycles. The molecule has 1 aliphatic heterocycles. The maximum absolute atomic E-state index is 14.7. The van der Waals surface area contributed by atoms with Crippen LogP contribution in [0.3, 0.4) is 0 Å². The number of rotatable bonds is 12. The number of sulfonamides is 1. The zero-order valence-corrected chi connectivity index (χ0v) is 28.3. The van der Waals surface area contributed by atoms with Gasteiger partial charge in [-0.25, -0.2) is 17.2 Å². The number of carbonyl (C=O) groups is 2. The number of hydrogen-bond acceptors (Lipinski definition) is 6. The molecule has 1 N–H and O–H groups in total. The normalized spacial score (nSPS) is 15.2. The van der Waals surface area contributed by atoms with Crippen LogP contribution < -0.4 is 19.1 Å². The number of halogens is 2. The molecule has 1 atom stereocenters. The SMILES string of the molecule is O=C(NC1CCCCC1)C(Cc1ccccc1)N(Cc1ccc(F)cc1)C(=O)CN(c1ccc(F)cc1)S(=O)(=O)c1ccc2c(c1)OCCO2. The number of benzene rings is 4. The molecule has 0 spiro atoms. The van der Waals surface area contributed by atoms with Crippen LogP contribution in [0.2, 0.25) is 0 Å². The Labute approximate surface area is 290 Å². The monoisotopic (exact) mass is 703 g/mol. The Kier molecular flexibility index (Phi) is 11.0. The summed E-state index contributed by atoms with van der Waals surface area (Å²) in [6.07, 6.45) is 4.85. The minimum atomic E-state index is -4.46. The van der Waals surface area contributed by atoms with E-state index in [1.54, 1.807) is 0 Å². The van der Waals surface area contributed by atoms with Gasteiger partial charge in [0.1, 0.15) is 37.4 Å². The molecule has 12 heteroatoms. The van der Waals surface area contributed by atoms with Crippen molar-refractivity contribution in [2.75, 3.05) is 24.1 Å². The smallest absolute Gasteiger partial charge is 0.264 e. The van der Waals surface area contributed by atoms with Gasteiger partial charge < -0.3 is 19.7 Å². The number of anilines is 1. The van der Waals surface area contributed by atoms with Gasteiger partial charge in [0.25, 0.3) is 10.0 Å². The van der Waals surface area contributed by atoms with Crippen LogP contribution in [0.1, 0.15) is 43.2 Å². The first kappa shape index (κ1) is 34.9. The van der Waals surface area contributed by atoms with E-state index in [1.807, 2.05) is 30.3 Å². The number of carbonyl (C=O) groups excluding carboxylic acids is 2. The Hall–Kier alpha value is -4.97. The van der Waals surface area contributed by atoms with E-state index in [0.717, 1.165) is 54.1 Å². The lowest BCUT2D eigenvalue weighted by Gasteiger charge is -2.35. The molecule has 50 heavy (non-hydrogen) atoms. The highest BCUT2D eigenvalue weighted by atomic mass is 32.2. The summed E-state index contributed by atoms with van der Waals surface area (Å²) >= 11 is 0. The lowest BCUT2D eigenvalue weighted by molar-refractivity contribution is -0.140. The predicted molar refractivity (Wildman–Crippen MR) is 184 cm³/mol. The second-order valence-electron chi connectivity index (χ2n) is 12.5. The third kappa shape index (κ3) is 8.42. The number of amides is 2. The molecule has 0 radical (unpaired) electrons. The van der Waals surface area contributed by atoms with Crippen LogP contribution in [0.5, 0.6) is 11.5 Å². The van der Waals surface area contributed by atoms with Crippen LogP contribution in [0, 0.1) is 11.6 Å². The van der Waals surface area contributed by atoms with E-state index >= 15 is 0 Å². The van der Waals surface area contributed by atoms with Gasteiger partial charge in [-0.15, -0.1) is 0 Å². The van der Waals surface area contributed by atoms with Crippen LogP contribution in [-0.2, 0) is 32.6 Å². The number of ether oxygens (including phenoxy) is 2. The highest BCUT2D eigenvalue weighted by molar-refractivity contribution is 7.92. The van der Waals surface area contributed by atoms with Gasteiger partial charge in [0, 0.05) is 25.1 Å². The Balaban J connectivity index is 1.39. The summed E-state index contributed by atoms with van der Waals surface area (Å²) < 4.78 is 68.8. The molecule has 0 aromatic heterocycles. The lowest BCUT2D eigenvalue weighted by atomic mass is 9.94. The first-order chi connectivity index (χ1) is 24.2. The third-order valence-electron chi connectivity index (χ3n) is 8.98. The van der Waals surface area contributed by atoms with Crippen LogP contribution in [-0.4, -0.2) is 57.0 Å². The van der Waals surface area contributed by atoms with Gasteiger partial charge in [0.2, 0.25) is 11.8 Å². The van der Waals surface area contributed by atoms with Crippen molar-refractivity contribution >= 4 is 27.5 Å². The van der Waals surface area contributed by atoms with Crippen LogP contribution in [0.4, 0.5) is 14.5 Å². The molecule has 2 aliphatic rings. The summed E-state index contributed by atoms with van der Waals surface area (Å²) in [4.78, 5) is 30.0. The lowest BCUT2D eigenvalue weighted by Crippen LogP contribution is -2.55. The van der Waals surface area contributed by atoms with Gasteiger partial charge in [-0.05, 0) is 72.5 Å². The Morgan fingerprint density at radius 2 is 1.42 bits per heavy atom. The summed E-state index contributed by atoms with van der Waals surface area (Å²) in [6, 6.07) is 22.7. The highest BCUT2D eigenvalue weighted by Crippen LogP contribution is 2.34. The average molecular weight is 704 g/mol. The van der Waals surface area contributed by atoms with Crippen molar-refractivity contribution in [2.24, 2.45) is 0 Å². The van der Waals surface area contributed by atoms with E-state index in [1.165, 1.54) is 59.5 Å². The van der Waals surface area contributed by atoms with Gasteiger partial charge >= 0.3 is 0 Å². The summed E-state index contributed by atoms with van der Waals surface area (Å²) in [7, 11) is -4.46. The standard InChI is InChI=1S/C38H39F2N3O6S/c39-29-13-11-28(12-14-29)25-42(34(23-27-7-3-1-4-8-27)38(45)41-31-9-5-2-6-10-31)37(44)26-43(32-17-15-30(40)16-18-32)50(46,47)33-19-20-35-36(24-33)49-22-21-48-35/h1,3-4,7-8,11-20,24,31,34H,2,5-6,9-10,21-23,25-26H2,(H,41,45). The van der Waals surface area contributed by atoms with Crippen molar-refractivity contribution in [2.45, 2.75) is 62.0 Å². The van der Waals surface area contributed by atoms with Crippen LogP contribution in [0.25, 0.3) is 0 Å². The first-order valence-corrected chi connectivity index (χ1v) is 18.2. The summed E-state index contributed by atoms with van der Waals surface area (Å²) in [5.41, 5.74) is 1.39. The molecule has 1 unspecified atom stereocenters. The molecule has 1 fully saturated rings. The maximum atomic E-state index is 14.7. The quantitative estimate of drug-likeness (QED) is 0.194. The highest BCUT2D eigenvalue weighted by Gasteiger charge is 2.36. The van der Waals surface area contributed by atoms with E-state index in [9.17, 15) is 26.8 Å². The molecule has 2 amide bonds. The fourth-order valence-electron chi connectivity index (χ4n) is 6.33. The number of hydrogen-bond donors (Lipinski definition) is 1. The molecule has 6 rings (SSSR count). The Morgan fingerprint density at radius 1 is 0.780 bits per heavy atom. The van der Waals surface area contributed by atoms with Crippen molar-refractivity contribution < 1.29 is 36.3 Å². The fourth-order valence-corrected chi connectivity index (χ4v) is 7.76. The summed E-state index contributed by atoms with van der Waals surface area (Å²) in [5.74, 6) is -1.47. The van der Waals surface area contributed by atoms with Crippen molar-refractivity contribution in [1.82, 2.24) is 10.2 Å². The second kappa shape index (κ2) is 15.7. The van der Waals surface area contributed by atoms with Crippen molar-refractivity contribution in [1.29, 1.82) is 0 Å². The van der Waals surface area contributed by atoms with Crippen molar-refractivity contribution in [3.63, 3.8) is 0 Å². The van der Waals surface area contributed by atoms with E-state index in [2.05, 4.69) is 5.32 Å². The van der Waals surface area contributed by atoms with Gasteiger partial charge in [0.15, 0.2) is 11.5 Å². The molecule has 4 aromatic rings. The zero-order chi connectivity index (χ0) is 35.1. The third-order valence-corrected chi connectivity index (χ3v) is 10.8. The van der Waals surface area contributed by atoms with Gasteiger partial charge in [-0.3, -0.25) is 13.9 Å². The summed E-state index contributed by atoms with van der Waals surface area (Å²) in [5, 5.41) is 3.15. The van der Waals surface area contributed by atoms with Crippen LogP contribution >= 0.6 is 0 Å². The van der Waals surface area contributed by atoms with Gasteiger partial charge in [0.05, 0.1) is 10.6 Å². The molecule has 1 aliphatic carbocycles. The molecular weight excluding hydrogens is 664 g/mol. The predicted octanol–water partition coefficient (Wildman–Crippen LogP) is 6.02. The molecule has 1 heterocycles. The van der Waals surface area contributed by atoms with E-state index in [-0.39, 0.29) is 47.9 Å². The minimum absolute atomic E-state index is 0.0441. The molecule has 1 saturated carbocycles. The maximum Gasteiger partial charge on any atom is 0.264 e. The topological polar surface area (TPSA) is 105 Å². The Bertz CT molecular complexity index is 1890. The first-order valence-electron chi connectivity index (χ1n) is 16.7. The second-order valence-corrected chi connectivity index (χ2v) is 14.4. The minimum Gasteiger partial charge on any atom is -0.486 e. The molecule has 262 valence electrons. The largest absolute Gasteiger partial charge is 0.486 e. The zero-order valence-electron chi connectivity index (χ0n) is 27.5. The van der Waals surface area contributed by atoms with Crippen molar-refractivity contribution in [3.05, 3.63) is 120 Å². The average Bonchev–Trinajstić information content (AvgIpc) is 3.13. The fraction of sp³-hybridized carbons (Fsp3) is 0.316. The number of nitrogens with zero attached hydrogens (tertiary/aromatic N) is 2. The van der Waals surface area contributed by atoms with Gasteiger partial charge in [-0.2, -0.15) is 0 Å². The Morgan fingerprint density at radius 3 is 2.10 bits per heavy atom. The summed E-state index contributed by atoms with van der Waals surface area (Å²) in [6.45, 7) is -0.264. The van der Waals surface area contributed by atoms with E-state index in [4.69, 9.17) is 9.47 Å². The van der Waals surface area contributed by atoms with E-state index in [0.29, 0.717) is 17.9 Å².